The van der Waals surface area contributed by atoms with Crippen molar-refractivity contribution in [1.29, 1.82) is 0 Å². The molecule has 0 radical (unpaired) electrons. The Morgan fingerprint density at radius 1 is 1.30 bits per heavy atom. The van der Waals surface area contributed by atoms with Crippen molar-refractivity contribution in [3.63, 3.8) is 0 Å². The van der Waals surface area contributed by atoms with Crippen LogP contribution in [0.5, 0.6) is 5.75 Å². The number of hydrogen-bond acceptors (Lipinski definition) is 4. The number of nitrogens with zero attached hydrogens (tertiary/aromatic N) is 2. The second-order valence-corrected chi connectivity index (χ2v) is 6.22. The van der Waals surface area contributed by atoms with E-state index in [0.29, 0.717) is 12.3 Å². The summed E-state index contributed by atoms with van der Waals surface area (Å²) in [6.07, 6.45) is 0.343. The summed E-state index contributed by atoms with van der Waals surface area (Å²) in [4.78, 5) is 27.6. The van der Waals surface area contributed by atoms with Crippen LogP contribution in [0.3, 0.4) is 0 Å². The highest BCUT2D eigenvalue weighted by Gasteiger charge is 2.54. The molecule has 0 unspecified atom stereocenters. The first-order valence-electron chi connectivity index (χ1n) is 7.67. The van der Waals surface area contributed by atoms with Gasteiger partial charge in [-0.15, -0.1) is 0 Å². The van der Waals surface area contributed by atoms with E-state index in [2.05, 4.69) is 22.5 Å². The molecule has 0 spiro atoms. The molecule has 1 aromatic rings. The molecule has 2 N–H and O–H groups in total. The highest BCUT2D eigenvalue weighted by molar-refractivity contribution is 5.78. The number of carbonyl (C=O) groups is 2. The van der Waals surface area contributed by atoms with Crippen molar-refractivity contribution in [2.24, 2.45) is 0 Å². The van der Waals surface area contributed by atoms with Crippen LogP contribution in [0.25, 0.3) is 0 Å². The third-order valence-electron chi connectivity index (χ3n) is 4.96. The quantitative estimate of drug-likeness (QED) is 0.822. The van der Waals surface area contributed by atoms with Crippen LogP contribution < -0.4 is 20.3 Å². The van der Waals surface area contributed by atoms with Crippen molar-refractivity contribution in [3.05, 3.63) is 23.8 Å². The Bertz CT molecular complexity index is 663. The zero-order valence-electron chi connectivity index (χ0n) is 13.8. The van der Waals surface area contributed by atoms with Crippen LogP contribution in [-0.4, -0.2) is 50.9 Å². The molecule has 2 aliphatic heterocycles. The van der Waals surface area contributed by atoms with Crippen molar-refractivity contribution in [3.8, 4) is 5.75 Å². The molecule has 2 atom stereocenters. The van der Waals surface area contributed by atoms with Crippen LogP contribution in [0, 0.1) is 0 Å². The van der Waals surface area contributed by atoms with Gasteiger partial charge in [0.25, 0.3) is 0 Å². The van der Waals surface area contributed by atoms with E-state index in [1.807, 2.05) is 24.1 Å². The Kier molecular flexibility index (Phi) is 3.58. The van der Waals surface area contributed by atoms with Gasteiger partial charge in [-0.05, 0) is 30.2 Å². The molecule has 7 heteroatoms. The maximum absolute atomic E-state index is 12.2. The van der Waals surface area contributed by atoms with Gasteiger partial charge in [0.2, 0.25) is 0 Å². The second-order valence-electron chi connectivity index (χ2n) is 6.22. The van der Waals surface area contributed by atoms with Gasteiger partial charge in [-0.25, -0.2) is 9.59 Å². The van der Waals surface area contributed by atoms with Gasteiger partial charge in [0, 0.05) is 38.8 Å². The molecule has 2 heterocycles. The van der Waals surface area contributed by atoms with E-state index in [0.717, 1.165) is 17.7 Å². The SMILES string of the molecule is CNC(=O)Oc1ccc2c(c1)[C@]1(C)CCN(C(=O)NC)[C@@H]1N2C. The third-order valence-corrected chi connectivity index (χ3v) is 4.96. The molecular formula is C16H22N4O3. The van der Waals surface area contributed by atoms with Gasteiger partial charge in [0.1, 0.15) is 11.9 Å². The van der Waals surface area contributed by atoms with Crippen molar-refractivity contribution in [1.82, 2.24) is 15.5 Å². The van der Waals surface area contributed by atoms with Gasteiger partial charge in [0.05, 0.1) is 0 Å². The summed E-state index contributed by atoms with van der Waals surface area (Å²) < 4.78 is 5.25. The summed E-state index contributed by atoms with van der Waals surface area (Å²) in [7, 11) is 5.17. The average molecular weight is 318 g/mol. The molecule has 0 bridgehead atoms. The van der Waals surface area contributed by atoms with Gasteiger partial charge < -0.3 is 25.2 Å². The van der Waals surface area contributed by atoms with Crippen LogP contribution in [0.15, 0.2) is 18.2 Å². The molecule has 1 fully saturated rings. The molecule has 0 aliphatic carbocycles. The molecule has 0 aromatic heterocycles. The number of likely N-dealkylation sites (tertiary alicyclic amines) is 1. The fourth-order valence-electron chi connectivity index (χ4n) is 3.85. The second kappa shape index (κ2) is 5.33. The summed E-state index contributed by atoms with van der Waals surface area (Å²) in [5.41, 5.74) is 1.99. The highest BCUT2D eigenvalue weighted by atomic mass is 16.5. The minimum Gasteiger partial charge on any atom is -0.410 e. The molecule has 3 rings (SSSR count). The average Bonchev–Trinajstić information content (AvgIpc) is 3.00. The lowest BCUT2D eigenvalue weighted by molar-refractivity contribution is 0.187. The van der Waals surface area contributed by atoms with Gasteiger partial charge in [-0.2, -0.15) is 0 Å². The summed E-state index contributed by atoms with van der Waals surface area (Å²) in [6.45, 7) is 2.86. The minimum atomic E-state index is -0.489. The van der Waals surface area contributed by atoms with Crippen LogP contribution in [0.4, 0.5) is 15.3 Å². The lowest BCUT2D eigenvalue weighted by Crippen LogP contribution is -2.52. The predicted octanol–water partition coefficient (Wildman–Crippen LogP) is 1.48. The van der Waals surface area contributed by atoms with Gasteiger partial charge in [-0.1, -0.05) is 6.92 Å². The maximum atomic E-state index is 12.2. The smallest absolute Gasteiger partial charge is 0.410 e. The number of benzene rings is 1. The number of amides is 3. The van der Waals surface area contributed by atoms with Crippen molar-refractivity contribution in [2.45, 2.75) is 24.9 Å². The Balaban J connectivity index is 1.98. The van der Waals surface area contributed by atoms with Gasteiger partial charge in [-0.3, -0.25) is 0 Å². The van der Waals surface area contributed by atoms with Crippen LogP contribution in [0.1, 0.15) is 18.9 Å². The minimum absolute atomic E-state index is 0.0345. The Labute approximate surface area is 135 Å². The fraction of sp³-hybridized carbons (Fsp3) is 0.500. The summed E-state index contributed by atoms with van der Waals surface area (Å²) in [5, 5.41) is 5.15. The number of carbonyl (C=O) groups excluding carboxylic acids is 2. The largest absolute Gasteiger partial charge is 0.412 e. The first-order chi connectivity index (χ1) is 10.9. The van der Waals surface area contributed by atoms with Crippen LogP contribution >= 0.6 is 0 Å². The normalized spacial score (nSPS) is 25.0. The molecule has 0 saturated carbocycles. The monoisotopic (exact) mass is 318 g/mol. The molecule has 3 amide bonds. The molecule has 1 saturated heterocycles. The molecule has 7 nitrogen and oxygen atoms in total. The lowest BCUT2D eigenvalue weighted by Gasteiger charge is -2.34. The van der Waals surface area contributed by atoms with Gasteiger partial charge in [0.15, 0.2) is 0 Å². The number of hydrogen-bond donors (Lipinski definition) is 2. The summed E-state index contributed by atoms with van der Waals surface area (Å²) >= 11 is 0. The van der Waals surface area contributed by atoms with E-state index < -0.39 is 6.09 Å². The number of likely N-dealkylation sites (N-methyl/N-ethyl adjacent to an activating group) is 1. The zero-order chi connectivity index (χ0) is 16.8. The highest BCUT2D eigenvalue weighted by Crippen LogP contribution is 2.52. The van der Waals surface area contributed by atoms with E-state index in [-0.39, 0.29) is 17.6 Å². The predicted molar refractivity (Wildman–Crippen MR) is 86.8 cm³/mol. The molecule has 1 aromatic carbocycles. The lowest BCUT2D eigenvalue weighted by atomic mass is 9.81. The molecule has 23 heavy (non-hydrogen) atoms. The van der Waals surface area contributed by atoms with Crippen molar-refractivity contribution < 1.29 is 14.3 Å². The maximum Gasteiger partial charge on any atom is 0.412 e. The van der Waals surface area contributed by atoms with Gasteiger partial charge >= 0.3 is 12.1 Å². The van der Waals surface area contributed by atoms with E-state index >= 15 is 0 Å². The van der Waals surface area contributed by atoms with E-state index in [4.69, 9.17) is 4.74 Å². The number of urea groups is 1. The van der Waals surface area contributed by atoms with Crippen molar-refractivity contribution in [2.75, 3.05) is 32.6 Å². The number of anilines is 1. The Hall–Kier alpha value is -2.44. The van der Waals surface area contributed by atoms with Crippen LogP contribution in [0.2, 0.25) is 0 Å². The number of rotatable bonds is 1. The van der Waals surface area contributed by atoms with E-state index in [1.54, 1.807) is 13.1 Å². The first-order valence-corrected chi connectivity index (χ1v) is 7.67. The molecular weight excluding hydrogens is 296 g/mol. The van der Waals surface area contributed by atoms with E-state index in [1.165, 1.54) is 7.05 Å². The standard InChI is InChI=1S/C16H22N4O3/c1-16-7-8-20(14(21)17-2)13(16)19(4)12-6-5-10(9-11(12)16)23-15(22)18-3/h5-6,9,13H,7-8H2,1-4H3,(H,17,21)(H,18,22)/t13-,16-/m0/s1. The fourth-order valence-corrected chi connectivity index (χ4v) is 3.85. The number of nitrogens with one attached hydrogen (secondary N) is 2. The number of ether oxygens (including phenoxy) is 1. The Morgan fingerprint density at radius 3 is 2.70 bits per heavy atom. The van der Waals surface area contributed by atoms with Crippen molar-refractivity contribution >= 4 is 17.8 Å². The first kappa shape index (κ1) is 15.5. The molecule has 124 valence electrons. The third kappa shape index (κ3) is 2.18. The summed E-state index contributed by atoms with van der Waals surface area (Å²) in [5.74, 6) is 0.511. The molecule has 2 aliphatic rings. The zero-order valence-corrected chi connectivity index (χ0v) is 13.8. The number of fused-ring (bicyclic) bond motifs is 3. The van der Waals surface area contributed by atoms with E-state index in [9.17, 15) is 9.59 Å². The summed E-state index contributed by atoms with van der Waals surface area (Å²) in [6, 6.07) is 5.56. The Morgan fingerprint density at radius 2 is 2.04 bits per heavy atom. The topological polar surface area (TPSA) is 73.9 Å². The van der Waals surface area contributed by atoms with Crippen LogP contribution in [-0.2, 0) is 5.41 Å².